The summed E-state index contributed by atoms with van der Waals surface area (Å²) in [4.78, 5) is 12.2. The van der Waals surface area contributed by atoms with Gasteiger partial charge in [0.25, 0.3) is 0 Å². The van der Waals surface area contributed by atoms with Gasteiger partial charge in [0, 0.05) is 0 Å². The predicted molar refractivity (Wildman–Crippen MR) is 98.7 cm³/mol. The van der Waals surface area contributed by atoms with E-state index in [0.717, 1.165) is 12.0 Å². The van der Waals surface area contributed by atoms with Crippen LogP contribution in [0.4, 0.5) is 0 Å². The van der Waals surface area contributed by atoms with Crippen LogP contribution in [0.2, 0.25) is 0 Å². The molecular formula is C18H28NO5P. The molecule has 1 aromatic carbocycles. The minimum Gasteiger partial charge on any atom is -0.475 e. The van der Waals surface area contributed by atoms with Crippen molar-refractivity contribution in [3.63, 3.8) is 0 Å². The van der Waals surface area contributed by atoms with Crippen molar-refractivity contribution < 1.29 is 23.3 Å². The maximum atomic E-state index is 12.2. The van der Waals surface area contributed by atoms with Crippen molar-refractivity contribution in [2.75, 3.05) is 20.3 Å². The summed E-state index contributed by atoms with van der Waals surface area (Å²) in [5.41, 5.74) is 1.04. The summed E-state index contributed by atoms with van der Waals surface area (Å²) in [6.45, 7) is 7.00. The van der Waals surface area contributed by atoms with Gasteiger partial charge in [0.15, 0.2) is 11.7 Å². The van der Waals surface area contributed by atoms with Crippen molar-refractivity contribution in [2.24, 2.45) is 0 Å². The highest BCUT2D eigenvalue weighted by atomic mass is 31.2. The van der Waals surface area contributed by atoms with Gasteiger partial charge in [-0.1, -0.05) is 37.3 Å². The molecule has 0 radical (unpaired) electrons. The van der Waals surface area contributed by atoms with E-state index < -0.39 is 20.1 Å². The van der Waals surface area contributed by atoms with Gasteiger partial charge in [0.2, 0.25) is 8.38 Å². The number of allylic oxidation sites excluding steroid dienone is 1. The molecule has 0 spiro atoms. The second kappa shape index (κ2) is 12.7. The molecule has 1 aromatic rings. The zero-order chi connectivity index (χ0) is 18.5. The van der Waals surface area contributed by atoms with E-state index in [9.17, 15) is 4.79 Å². The summed E-state index contributed by atoms with van der Waals surface area (Å²) >= 11 is 0. The zero-order valence-corrected chi connectivity index (χ0v) is 16.3. The molecule has 0 bridgehead atoms. The van der Waals surface area contributed by atoms with Crippen LogP contribution < -0.4 is 5.32 Å². The van der Waals surface area contributed by atoms with E-state index in [1.165, 1.54) is 7.11 Å². The maximum absolute atomic E-state index is 12.2. The molecule has 1 unspecified atom stereocenters. The quantitative estimate of drug-likeness (QED) is 0.342. The fourth-order valence-corrected chi connectivity index (χ4v) is 3.36. The molecular weight excluding hydrogens is 341 g/mol. The first kappa shape index (κ1) is 21.4. The first-order valence-corrected chi connectivity index (χ1v) is 9.67. The van der Waals surface area contributed by atoms with Crippen LogP contribution >= 0.6 is 8.38 Å². The number of benzene rings is 1. The fraction of sp³-hybridized carbons (Fsp3) is 0.500. The Morgan fingerprint density at radius 1 is 1.16 bits per heavy atom. The number of carbonyl (C=O) groups is 1. The predicted octanol–water partition coefficient (Wildman–Crippen LogP) is 3.93. The lowest BCUT2D eigenvalue weighted by Crippen LogP contribution is -2.37. The number of nitrogens with one attached hydrogen (secondary N) is 1. The van der Waals surface area contributed by atoms with E-state index in [1.807, 2.05) is 57.2 Å². The van der Waals surface area contributed by atoms with Gasteiger partial charge in [-0.05, 0) is 31.9 Å². The van der Waals surface area contributed by atoms with E-state index >= 15 is 0 Å². The average molecular weight is 369 g/mol. The van der Waals surface area contributed by atoms with Gasteiger partial charge in [-0.15, -0.1) is 0 Å². The Morgan fingerprint density at radius 3 is 2.32 bits per heavy atom. The molecule has 25 heavy (non-hydrogen) atoms. The summed E-state index contributed by atoms with van der Waals surface area (Å²) in [6, 6.07) is 9.82. The second-order valence-electron chi connectivity index (χ2n) is 4.94. The van der Waals surface area contributed by atoms with Crippen LogP contribution in [-0.2, 0) is 29.9 Å². The highest BCUT2D eigenvalue weighted by Crippen LogP contribution is 2.43. The average Bonchev–Trinajstić information content (AvgIpc) is 2.64. The lowest BCUT2D eigenvalue weighted by atomic mass is 10.2. The number of hydrogen-bond donors (Lipinski definition) is 1. The molecule has 0 saturated carbocycles. The van der Waals surface area contributed by atoms with E-state index in [4.69, 9.17) is 18.5 Å². The van der Waals surface area contributed by atoms with Crippen molar-refractivity contribution in [3.05, 3.63) is 47.9 Å². The lowest BCUT2D eigenvalue weighted by Gasteiger charge is -2.26. The number of rotatable bonds is 12. The minimum absolute atomic E-state index is 0.398. The summed E-state index contributed by atoms with van der Waals surface area (Å²) in [5, 5.41) is 3.09. The first-order chi connectivity index (χ1) is 12.2. The Labute approximate surface area is 151 Å². The summed E-state index contributed by atoms with van der Waals surface area (Å²) < 4.78 is 22.0. The van der Waals surface area contributed by atoms with E-state index in [-0.39, 0.29) is 0 Å². The molecule has 1 N–H and O–H groups in total. The lowest BCUT2D eigenvalue weighted by molar-refractivity contribution is -0.141. The monoisotopic (exact) mass is 369 g/mol. The van der Waals surface area contributed by atoms with Gasteiger partial charge in [0.05, 0.1) is 20.3 Å². The summed E-state index contributed by atoms with van der Waals surface area (Å²) in [6.07, 6.45) is 2.64. The molecule has 0 aliphatic rings. The van der Waals surface area contributed by atoms with Crippen molar-refractivity contribution >= 4 is 14.3 Å². The molecule has 0 aromatic heterocycles. The zero-order valence-electron chi connectivity index (χ0n) is 15.4. The van der Waals surface area contributed by atoms with Crippen molar-refractivity contribution in [1.82, 2.24) is 5.32 Å². The third-order valence-corrected chi connectivity index (χ3v) is 4.84. The SMILES string of the molecule is CC/C=C(/NC(C(=O)OC)P(OCC)OCC)OCc1ccccc1. The van der Waals surface area contributed by atoms with Gasteiger partial charge >= 0.3 is 5.97 Å². The molecule has 0 amide bonds. The van der Waals surface area contributed by atoms with Gasteiger partial charge < -0.3 is 23.8 Å². The number of methoxy groups -OCH3 is 1. The van der Waals surface area contributed by atoms with Gasteiger partial charge in [0.1, 0.15) is 6.61 Å². The van der Waals surface area contributed by atoms with Crippen LogP contribution in [0, 0.1) is 0 Å². The Morgan fingerprint density at radius 2 is 1.80 bits per heavy atom. The molecule has 0 aliphatic heterocycles. The van der Waals surface area contributed by atoms with E-state index in [1.54, 1.807) is 0 Å². The molecule has 7 heteroatoms. The van der Waals surface area contributed by atoms with Crippen molar-refractivity contribution in [1.29, 1.82) is 0 Å². The van der Waals surface area contributed by atoms with Crippen LogP contribution in [0.5, 0.6) is 0 Å². The Hall–Kier alpha value is -1.62. The molecule has 0 heterocycles. The van der Waals surface area contributed by atoms with Crippen molar-refractivity contribution in [2.45, 2.75) is 39.6 Å². The van der Waals surface area contributed by atoms with Crippen molar-refractivity contribution in [3.8, 4) is 0 Å². The Kier molecular flexibility index (Phi) is 10.9. The third kappa shape index (κ3) is 7.86. The van der Waals surface area contributed by atoms with E-state index in [0.29, 0.717) is 25.7 Å². The summed E-state index contributed by atoms with van der Waals surface area (Å²) in [5.74, 6) is -0.694. The molecule has 1 rings (SSSR count). The first-order valence-electron chi connectivity index (χ1n) is 8.42. The smallest absolute Gasteiger partial charge is 0.337 e. The van der Waals surface area contributed by atoms with Crippen LogP contribution in [0.15, 0.2) is 42.3 Å². The fourth-order valence-electron chi connectivity index (χ4n) is 1.97. The highest BCUT2D eigenvalue weighted by Gasteiger charge is 2.32. The highest BCUT2D eigenvalue weighted by molar-refractivity contribution is 7.49. The largest absolute Gasteiger partial charge is 0.475 e. The molecule has 0 fully saturated rings. The number of esters is 1. The number of carbonyl (C=O) groups excluding carboxylic acids is 1. The maximum Gasteiger partial charge on any atom is 0.337 e. The Balaban J connectivity index is 2.84. The van der Waals surface area contributed by atoms with E-state index in [2.05, 4.69) is 5.32 Å². The molecule has 0 aliphatic carbocycles. The third-order valence-electron chi connectivity index (χ3n) is 3.05. The molecule has 1 atom stereocenters. The second-order valence-corrected chi connectivity index (χ2v) is 6.55. The minimum atomic E-state index is -1.48. The number of hydrogen-bond acceptors (Lipinski definition) is 6. The van der Waals surface area contributed by atoms with Crippen LogP contribution in [-0.4, -0.2) is 32.1 Å². The van der Waals surface area contributed by atoms with Crippen LogP contribution in [0.25, 0.3) is 0 Å². The molecule has 0 saturated heterocycles. The Bertz CT molecular complexity index is 517. The van der Waals surface area contributed by atoms with Gasteiger partial charge in [-0.2, -0.15) is 0 Å². The van der Waals surface area contributed by atoms with Crippen LogP contribution in [0.1, 0.15) is 32.8 Å². The standard InChI is InChI=1S/C18H28NO5P/c1-5-11-16(22-14-15-12-9-8-10-13-15)19-17(18(20)21-4)25(23-6-2)24-7-3/h8-13,17,19H,5-7,14H2,1-4H3/b16-11-. The van der Waals surface area contributed by atoms with Gasteiger partial charge in [-0.25, -0.2) is 4.79 Å². The molecule has 6 nitrogen and oxygen atoms in total. The normalized spacial score (nSPS) is 12.8. The number of ether oxygens (including phenoxy) is 2. The van der Waals surface area contributed by atoms with Crippen LogP contribution in [0.3, 0.4) is 0 Å². The topological polar surface area (TPSA) is 66.0 Å². The molecule has 140 valence electrons. The summed E-state index contributed by atoms with van der Waals surface area (Å²) in [7, 11) is -0.141. The van der Waals surface area contributed by atoms with Gasteiger partial charge in [-0.3, -0.25) is 0 Å².